The van der Waals surface area contributed by atoms with Crippen LogP contribution in [0.4, 0.5) is 0 Å². The summed E-state index contributed by atoms with van der Waals surface area (Å²) in [6, 6.07) is 8.54. The van der Waals surface area contributed by atoms with Crippen LogP contribution in [0, 0.1) is 5.92 Å². The van der Waals surface area contributed by atoms with E-state index in [1.807, 2.05) is 0 Å². The summed E-state index contributed by atoms with van der Waals surface area (Å²) >= 11 is 0. The van der Waals surface area contributed by atoms with Crippen molar-refractivity contribution < 1.29 is 4.79 Å². The Bertz CT molecular complexity index is 453. The molecule has 2 rings (SSSR count). The fraction of sp³-hybridized carbons (Fsp3) is 0.588. The molecule has 1 aromatic rings. The van der Waals surface area contributed by atoms with Crippen molar-refractivity contribution in [2.45, 2.75) is 32.9 Å². The molecule has 4 nitrogen and oxygen atoms in total. The molecule has 0 unspecified atom stereocenters. The van der Waals surface area contributed by atoms with E-state index in [1.165, 1.54) is 37.1 Å². The maximum Gasteiger partial charge on any atom is 0.234 e. The first-order valence-electron chi connectivity index (χ1n) is 7.89. The van der Waals surface area contributed by atoms with E-state index in [-0.39, 0.29) is 5.91 Å². The standard InChI is InChI=1S/C17H27N3O/c1-14-6-8-20(9-7-14)13-16-5-3-4-15(10-16)11-19-17(21)12-18-2/h3-5,10,14,18H,6-9,11-13H2,1-2H3,(H,19,21). The van der Waals surface area contributed by atoms with E-state index in [0.29, 0.717) is 13.1 Å². The highest BCUT2D eigenvalue weighted by Gasteiger charge is 2.15. The molecule has 0 spiro atoms. The van der Waals surface area contributed by atoms with E-state index in [9.17, 15) is 4.79 Å². The van der Waals surface area contributed by atoms with Gasteiger partial charge in [-0.05, 0) is 50.0 Å². The third kappa shape index (κ3) is 5.48. The molecule has 4 heteroatoms. The van der Waals surface area contributed by atoms with Gasteiger partial charge in [0.2, 0.25) is 5.91 Å². The van der Waals surface area contributed by atoms with Gasteiger partial charge in [-0.1, -0.05) is 31.2 Å². The molecule has 21 heavy (non-hydrogen) atoms. The minimum Gasteiger partial charge on any atom is -0.351 e. The number of likely N-dealkylation sites (tertiary alicyclic amines) is 1. The summed E-state index contributed by atoms with van der Waals surface area (Å²) in [7, 11) is 1.78. The molecule has 1 fully saturated rings. The molecule has 1 amide bonds. The van der Waals surface area contributed by atoms with Crippen molar-refractivity contribution in [3.63, 3.8) is 0 Å². The molecule has 0 saturated carbocycles. The molecule has 1 heterocycles. The van der Waals surface area contributed by atoms with Gasteiger partial charge in [0.05, 0.1) is 6.54 Å². The van der Waals surface area contributed by atoms with Crippen LogP contribution in [0.15, 0.2) is 24.3 Å². The minimum atomic E-state index is 0.0351. The molecule has 0 aromatic heterocycles. The first-order valence-corrected chi connectivity index (χ1v) is 7.89. The Labute approximate surface area is 127 Å². The maximum atomic E-state index is 11.5. The summed E-state index contributed by atoms with van der Waals surface area (Å²) in [6.07, 6.45) is 2.61. The van der Waals surface area contributed by atoms with Crippen LogP contribution in [0.3, 0.4) is 0 Å². The highest BCUT2D eigenvalue weighted by molar-refractivity contribution is 5.77. The van der Waals surface area contributed by atoms with E-state index >= 15 is 0 Å². The lowest BCUT2D eigenvalue weighted by Crippen LogP contribution is -2.32. The second-order valence-corrected chi connectivity index (χ2v) is 6.09. The van der Waals surface area contributed by atoms with Crippen LogP contribution in [0.25, 0.3) is 0 Å². The van der Waals surface area contributed by atoms with Crippen molar-refractivity contribution in [1.29, 1.82) is 0 Å². The third-order valence-corrected chi connectivity index (χ3v) is 4.10. The number of carbonyl (C=O) groups is 1. The Morgan fingerprint density at radius 3 is 2.71 bits per heavy atom. The lowest BCUT2D eigenvalue weighted by molar-refractivity contribution is -0.120. The topological polar surface area (TPSA) is 44.4 Å². The van der Waals surface area contributed by atoms with E-state index in [1.54, 1.807) is 7.05 Å². The zero-order chi connectivity index (χ0) is 15.1. The molecule has 0 bridgehead atoms. The second kappa shape index (κ2) is 8.15. The highest BCUT2D eigenvalue weighted by Crippen LogP contribution is 2.18. The van der Waals surface area contributed by atoms with Crippen LogP contribution in [0.1, 0.15) is 30.9 Å². The van der Waals surface area contributed by atoms with Crippen LogP contribution in [-0.4, -0.2) is 37.5 Å². The van der Waals surface area contributed by atoms with Crippen LogP contribution in [0.2, 0.25) is 0 Å². The Morgan fingerprint density at radius 1 is 1.29 bits per heavy atom. The van der Waals surface area contributed by atoms with Gasteiger partial charge in [-0.15, -0.1) is 0 Å². The Balaban J connectivity index is 1.84. The Kier molecular flexibility index (Phi) is 6.21. The van der Waals surface area contributed by atoms with E-state index in [0.717, 1.165) is 12.5 Å². The van der Waals surface area contributed by atoms with Gasteiger partial charge in [0, 0.05) is 13.1 Å². The zero-order valence-corrected chi connectivity index (χ0v) is 13.2. The van der Waals surface area contributed by atoms with Crippen LogP contribution in [-0.2, 0) is 17.9 Å². The number of rotatable bonds is 6. The van der Waals surface area contributed by atoms with Gasteiger partial charge < -0.3 is 10.6 Å². The van der Waals surface area contributed by atoms with Crippen molar-refractivity contribution in [1.82, 2.24) is 15.5 Å². The van der Waals surface area contributed by atoms with Crippen molar-refractivity contribution in [3.8, 4) is 0 Å². The number of amides is 1. The number of nitrogens with zero attached hydrogens (tertiary/aromatic N) is 1. The van der Waals surface area contributed by atoms with Gasteiger partial charge in [0.25, 0.3) is 0 Å². The maximum absolute atomic E-state index is 11.5. The summed E-state index contributed by atoms with van der Waals surface area (Å²) in [4.78, 5) is 14.0. The molecular formula is C17H27N3O. The van der Waals surface area contributed by atoms with Gasteiger partial charge >= 0.3 is 0 Å². The van der Waals surface area contributed by atoms with Gasteiger partial charge in [-0.3, -0.25) is 9.69 Å². The third-order valence-electron chi connectivity index (χ3n) is 4.10. The highest BCUT2D eigenvalue weighted by atomic mass is 16.1. The van der Waals surface area contributed by atoms with Crippen LogP contribution < -0.4 is 10.6 Å². The van der Waals surface area contributed by atoms with Gasteiger partial charge in [-0.2, -0.15) is 0 Å². The molecule has 1 aromatic carbocycles. The normalized spacial score (nSPS) is 16.9. The Morgan fingerprint density at radius 2 is 2.00 bits per heavy atom. The fourth-order valence-corrected chi connectivity index (χ4v) is 2.74. The number of piperidine rings is 1. The summed E-state index contributed by atoms with van der Waals surface area (Å²) in [6.45, 7) is 6.72. The largest absolute Gasteiger partial charge is 0.351 e. The van der Waals surface area contributed by atoms with Crippen LogP contribution >= 0.6 is 0 Å². The summed E-state index contributed by atoms with van der Waals surface area (Å²) in [5.74, 6) is 0.905. The second-order valence-electron chi connectivity index (χ2n) is 6.09. The first-order chi connectivity index (χ1) is 10.2. The summed E-state index contributed by atoms with van der Waals surface area (Å²) in [5.41, 5.74) is 2.51. The van der Waals surface area contributed by atoms with Crippen molar-refractivity contribution in [3.05, 3.63) is 35.4 Å². The molecule has 0 radical (unpaired) electrons. The molecule has 116 valence electrons. The van der Waals surface area contributed by atoms with Crippen molar-refractivity contribution in [2.75, 3.05) is 26.7 Å². The summed E-state index contributed by atoms with van der Waals surface area (Å²) in [5, 5.41) is 5.78. The van der Waals surface area contributed by atoms with Gasteiger partial charge in [-0.25, -0.2) is 0 Å². The number of hydrogen-bond donors (Lipinski definition) is 2. The van der Waals surface area contributed by atoms with Gasteiger partial charge in [0.1, 0.15) is 0 Å². The Hall–Kier alpha value is -1.39. The van der Waals surface area contributed by atoms with Crippen LogP contribution in [0.5, 0.6) is 0 Å². The van der Waals surface area contributed by atoms with E-state index in [2.05, 4.69) is 46.7 Å². The predicted octanol–water partition coefficient (Wildman–Crippen LogP) is 1.75. The average molecular weight is 289 g/mol. The van der Waals surface area contributed by atoms with E-state index < -0.39 is 0 Å². The first kappa shape index (κ1) is 16.0. The zero-order valence-electron chi connectivity index (χ0n) is 13.2. The number of nitrogens with one attached hydrogen (secondary N) is 2. The number of carbonyl (C=O) groups excluding carboxylic acids is 1. The molecule has 0 atom stereocenters. The van der Waals surface area contributed by atoms with E-state index in [4.69, 9.17) is 0 Å². The number of benzene rings is 1. The molecular weight excluding hydrogens is 262 g/mol. The molecule has 2 N–H and O–H groups in total. The quantitative estimate of drug-likeness (QED) is 0.838. The number of hydrogen-bond acceptors (Lipinski definition) is 3. The molecule has 0 aliphatic carbocycles. The van der Waals surface area contributed by atoms with Gasteiger partial charge in [0.15, 0.2) is 0 Å². The molecule has 1 aliphatic heterocycles. The predicted molar refractivity (Wildman–Crippen MR) is 85.9 cm³/mol. The lowest BCUT2D eigenvalue weighted by Gasteiger charge is -2.30. The fourth-order valence-electron chi connectivity index (χ4n) is 2.74. The van der Waals surface area contributed by atoms with Crippen molar-refractivity contribution in [2.24, 2.45) is 5.92 Å². The monoisotopic (exact) mass is 289 g/mol. The smallest absolute Gasteiger partial charge is 0.234 e. The van der Waals surface area contributed by atoms with Crippen molar-refractivity contribution >= 4 is 5.91 Å². The SMILES string of the molecule is CNCC(=O)NCc1cccc(CN2CCC(C)CC2)c1. The number of likely N-dealkylation sites (N-methyl/N-ethyl adjacent to an activating group) is 1. The summed E-state index contributed by atoms with van der Waals surface area (Å²) < 4.78 is 0. The molecule has 1 saturated heterocycles. The average Bonchev–Trinajstić information content (AvgIpc) is 2.48. The molecule has 1 aliphatic rings. The lowest BCUT2D eigenvalue weighted by atomic mass is 9.98. The minimum absolute atomic E-state index is 0.0351.